The van der Waals surface area contributed by atoms with Gasteiger partial charge in [-0.05, 0) is 18.6 Å². The SMILES string of the molecule is CC1(C)C(N=C(N)Nc2ccccc2)C2CCOC21.I. The number of nitrogens with one attached hydrogen (secondary N) is 1. The highest BCUT2D eigenvalue weighted by molar-refractivity contribution is 14.0. The van der Waals surface area contributed by atoms with Crippen molar-refractivity contribution in [2.75, 3.05) is 11.9 Å². The van der Waals surface area contributed by atoms with E-state index < -0.39 is 0 Å². The lowest BCUT2D eigenvalue weighted by Gasteiger charge is -2.52. The quantitative estimate of drug-likeness (QED) is 0.466. The summed E-state index contributed by atoms with van der Waals surface area (Å²) in [7, 11) is 0. The number of fused-ring (bicyclic) bond motifs is 1. The van der Waals surface area contributed by atoms with Crippen LogP contribution in [0.2, 0.25) is 0 Å². The van der Waals surface area contributed by atoms with Gasteiger partial charge in [0.05, 0.1) is 12.1 Å². The van der Waals surface area contributed by atoms with Crippen molar-refractivity contribution in [2.45, 2.75) is 32.4 Å². The molecule has 3 N–H and O–H groups in total. The summed E-state index contributed by atoms with van der Waals surface area (Å²) in [6.07, 6.45) is 1.45. The first kappa shape index (κ1) is 15.6. The molecule has 110 valence electrons. The second-order valence-corrected chi connectivity index (χ2v) is 6.02. The zero-order valence-corrected chi connectivity index (χ0v) is 14.2. The number of rotatable bonds is 2. The highest BCUT2D eigenvalue weighted by atomic mass is 127. The minimum atomic E-state index is 0. The van der Waals surface area contributed by atoms with Gasteiger partial charge in [0.25, 0.3) is 0 Å². The Morgan fingerprint density at radius 2 is 2.05 bits per heavy atom. The number of nitrogens with two attached hydrogens (primary N) is 1. The number of benzene rings is 1. The van der Waals surface area contributed by atoms with Crippen molar-refractivity contribution in [3.8, 4) is 0 Å². The molecule has 3 unspecified atom stereocenters. The van der Waals surface area contributed by atoms with E-state index in [1.54, 1.807) is 0 Å². The lowest BCUT2D eigenvalue weighted by molar-refractivity contribution is -0.0985. The predicted molar refractivity (Wildman–Crippen MR) is 92.5 cm³/mol. The molecule has 0 radical (unpaired) electrons. The molecule has 3 rings (SSSR count). The normalized spacial score (nSPS) is 30.9. The predicted octanol–water partition coefficient (Wildman–Crippen LogP) is 2.84. The van der Waals surface area contributed by atoms with E-state index in [0.29, 0.717) is 18.0 Å². The van der Waals surface area contributed by atoms with Gasteiger partial charge in [0.15, 0.2) is 5.96 Å². The van der Waals surface area contributed by atoms with Gasteiger partial charge in [0.1, 0.15) is 0 Å². The molecule has 3 atom stereocenters. The van der Waals surface area contributed by atoms with Crippen molar-refractivity contribution in [2.24, 2.45) is 22.1 Å². The summed E-state index contributed by atoms with van der Waals surface area (Å²) in [5.41, 5.74) is 7.08. The molecule has 1 aromatic carbocycles. The van der Waals surface area contributed by atoms with Crippen LogP contribution in [0.4, 0.5) is 5.69 Å². The Balaban J connectivity index is 0.00000147. The van der Waals surface area contributed by atoms with Crippen LogP contribution in [0.3, 0.4) is 0 Å². The fraction of sp³-hybridized carbons (Fsp3) is 0.533. The Bertz CT molecular complexity index is 489. The smallest absolute Gasteiger partial charge is 0.193 e. The molecule has 2 aliphatic rings. The number of aliphatic imine (C=N–C) groups is 1. The monoisotopic (exact) mass is 387 g/mol. The van der Waals surface area contributed by atoms with E-state index in [4.69, 9.17) is 10.5 Å². The molecule has 1 aliphatic carbocycles. The summed E-state index contributed by atoms with van der Waals surface area (Å²) in [6, 6.07) is 10.2. The Hall–Kier alpha value is -0.820. The van der Waals surface area contributed by atoms with E-state index >= 15 is 0 Å². The largest absolute Gasteiger partial charge is 0.377 e. The zero-order chi connectivity index (χ0) is 13.5. The van der Waals surface area contributed by atoms with E-state index in [1.807, 2.05) is 30.3 Å². The van der Waals surface area contributed by atoms with Gasteiger partial charge < -0.3 is 15.8 Å². The minimum Gasteiger partial charge on any atom is -0.377 e. The molecular formula is C15H22IN3O. The Labute approximate surface area is 137 Å². The van der Waals surface area contributed by atoms with Crippen LogP contribution in [0.5, 0.6) is 0 Å². The molecule has 1 aliphatic heterocycles. The van der Waals surface area contributed by atoms with Crippen LogP contribution < -0.4 is 11.1 Å². The molecule has 4 nitrogen and oxygen atoms in total. The topological polar surface area (TPSA) is 59.6 Å². The molecule has 20 heavy (non-hydrogen) atoms. The number of nitrogens with zero attached hydrogens (tertiary/aromatic N) is 1. The second kappa shape index (κ2) is 5.89. The third-order valence-electron chi connectivity index (χ3n) is 4.36. The Morgan fingerprint density at radius 3 is 2.75 bits per heavy atom. The van der Waals surface area contributed by atoms with Crippen molar-refractivity contribution in [3.63, 3.8) is 0 Å². The van der Waals surface area contributed by atoms with E-state index in [-0.39, 0.29) is 35.4 Å². The summed E-state index contributed by atoms with van der Waals surface area (Å²) in [5.74, 6) is 1.03. The molecule has 1 heterocycles. The first-order chi connectivity index (χ1) is 9.09. The van der Waals surface area contributed by atoms with Gasteiger partial charge in [-0.1, -0.05) is 32.0 Å². The molecule has 1 saturated heterocycles. The van der Waals surface area contributed by atoms with Crippen LogP contribution in [0.25, 0.3) is 0 Å². The van der Waals surface area contributed by atoms with Gasteiger partial charge in [-0.25, -0.2) is 4.99 Å². The Kier molecular flexibility index (Phi) is 4.59. The van der Waals surface area contributed by atoms with E-state index in [9.17, 15) is 0 Å². The van der Waals surface area contributed by atoms with Gasteiger partial charge in [-0.15, -0.1) is 24.0 Å². The average Bonchev–Trinajstić information content (AvgIpc) is 2.84. The lowest BCUT2D eigenvalue weighted by Crippen LogP contribution is -2.59. The van der Waals surface area contributed by atoms with Gasteiger partial charge in [-0.2, -0.15) is 0 Å². The maximum atomic E-state index is 6.02. The summed E-state index contributed by atoms with van der Waals surface area (Å²) < 4.78 is 5.77. The minimum absolute atomic E-state index is 0. The highest BCUT2D eigenvalue weighted by Gasteiger charge is 2.59. The van der Waals surface area contributed by atoms with Crippen LogP contribution in [-0.4, -0.2) is 24.7 Å². The number of halogens is 1. The molecule has 1 aromatic rings. The first-order valence-corrected chi connectivity index (χ1v) is 6.86. The fourth-order valence-corrected chi connectivity index (χ4v) is 3.41. The standard InChI is InChI=1S/C15H21N3O.HI/c1-15(2)12(11-8-9-19-13(11)15)18-14(16)17-10-6-4-3-5-7-10;/h3-7,11-13H,8-9H2,1-2H3,(H3,16,17,18);1H. The van der Waals surface area contributed by atoms with Crippen LogP contribution >= 0.6 is 24.0 Å². The van der Waals surface area contributed by atoms with E-state index in [0.717, 1.165) is 18.7 Å². The van der Waals surface area contributed by atoms with Crippen molar-refractivity contribution in [1.29, 1.82) is 0 Å². The maximum Gasteiger partial charge on any atom is 0.193 e. The van der Waals surface area contributed by atoms with Gasteiger partial charge >= 0.3 is 0 Å². The zero-order valence-electron chi connectivity index (χ0n) is 11.9. The highest BCUT2D eigenvalue weighted by Crippen LogP contribution is 2.53. The number of hydrogen-bond donors (Lipinski definition) is 2. The number of hydrogen-bond acceptors (Lipinski definition) is 2. The summed E-state index contributed by atoms with van der Waals surface area (Å²) in [4.78, 5) is 4.68. The van der Waals surface area contributed by atoms with Crippen LogP contribution in [0.15, 0.2) is 35.3 Å². The van der Waals surface area contributed by atoms with E-state index in [2.05, 4.69) is 24.2 Å². The van der Waals surface area contributed by atoms with Gasteiger partial charge in [0.2, 0.25) is 0 Å². The number of ether oxygens (including phenoxy) is 1. The Morgan fingerprint density at radius 1 is 1.35 bits per heavy atom. The fourth-order valence-electron chi connectivity index (χ4n) is 3.41. The average molecular weight is 387 g/mol. The molecule has 5 heteroatoms. The molecule has 0 spiro atoms. The maximum absolute atomic E-state index is 6.02. The van der Waals surface area contributed by atoms with E-state index in [1.165, 1.54) is 0 Å². The molecule has 0 amide bonds. The van der Waals surface area contributed by atoms with Gasteiger partial charge in [0, 0.05) is 23.6 Å². The van der Waals surface area contributed by atoms with Crippen molar-refractivity contribution in [1.82, 2.24) is 0 Å². The number of para-hydroxylation sites is 1. The molecule has 1 saturated carbocycles. The third-order valence-corrected chi connectivity index (χ3v) is 4.36. The van der Waals surface area contributed by atoms with Crippen LogP contribution in [-0.2, 0) is 4.74 Å². The van der Waals surface area contributed by atoms with Crippen molar-refractivity contribution >= 4 is 35.6 Å². The molecule has 0 aromatic heterocycles. The van der Waals surface area contributed by atoms with Crippen LogP contribution in [0.1, 0.15) is 20.3 Å². The third kappa shape index (κ3) is 2.65. The van der Waals surface area contributed by atoms with Crippen LogP contribution in [0, 0.1) is 11.3 Å². The summed E-state index contributed by atoms with van der Waals surface area (Å²) >= 11 is 0. The molecular weight excluding hydrogens is 365 g/mol. The molecule has 0 bridgehead atoms. The van der Waals surface area contributed by atoms with Gasteiger partial charge in [-0.3, -0.25) is 0 Å². The number of anilines is 1. The first-order valence-electron chi connectivity index (χ1n) is 6.86. The van der Waals surface area contributed by atoms with Crippen molar-refractivity contribution in [3.05, 3.63) is 30.3 Å². The van der Waals surface area contributed by atoms with Crippen molar-refractivity contribution < 1.29 is 4.74 Å². The lowest BCUT2D eigenvalue weighted by atomic mass is 9.57. The summed E-state index contributed by atoms with van der Waals surface area (Å²) in [5, 5.41) is 3.15. The summed E-state index contributed by atoms with van der Waals surface area (Å²) in [6.45, 7) is 5.28. The number of guanidine groups is 1. The second-order valence-electron chi connectivity index (χ2n) is 6.02. The molecule has 2 fully saturated rings.